The first-order valence-electron chi connectivity index (χ1n) is 7.37. The van der Waals surface area contributed by atoms with Crippen LogP contribution < -0.4 is 9.64 Å². The number of hydrogen-bond donors (Lipinski definition) is 0. The van der Waals surface area contributed by atoms with E-state index in [9.17, 15) is 4.79 Å². The molecule has 0 aliphatic carbocycles. The van der Waals surface area contributed by atoms with Crippen molar-refractivity contribution in [2.45, 2.75) is 20.4 Å². The van der Waals surface area contributed by atoms with Gasteiger partial charge in [-0.2, -0.15) is 0 Å². The van der Waals surface area contributed by atoms with Crippen molar-refractivity contribution >= 4 is 32.6 Å². The highest BCUT2D eigenvalue weighted by Gasteiger charge is 2.23. The molecular formula is C17H18N2O3S. The average molecular weight is 330 g/mol. The number of methoxy groups -OCH3 is 1. The maximum atomic E-state index is 12.6. The topological polar surface area (TPSA) is 55.6 Å². The van der Waals surface area contributed by atoms with Crippen molar-refractivity contribution in [1.29, 1.82) is 0 Å². The molecule has 0 atom stereocenters. The molecule has 23 heavy (non-hydrogen) atoms. The van der Waals surface area contributed by atoms with E-state index >= 15 is 0 Å². The van der Waals surface area contributed by atoms with Crippen molar-refractivity contribution in [2.75, 3.05) is 12.0 Å². The summed E-state index contributed by atoms with van der Waals surface area (Å²) in [5, 5.41) is 0.670. The largest absolute Gasteiger partial charge is 0.497 e. The van der Waals surface area contributed by atoms with Crippen molar-refractivity contribution in [3.05, 3.63) is 42.4 Å². The second kappa shape index (κ2) is 6.42. The number of anilines is 1. The van der Waals surface area contributed by atoms with Crippen LogP contribution >= 0.6 is 11.3 Å². The zero-order chi connectivity index (χ0) is 16.4. The second-order valence-corrected chi connectivity index (χ2v) is 6.50. The maximum absolute atomic E-state index is 12.6. The molecule has 1 aromatic carbocycles. The molecular weight excluding hydrogens is 312 g/mol. The summed E-state index contributed by atoms with van der Waals surface area (Å²) in [4.78, 5) is 18.9. The normalized spacial score (nSPS) is 11.1. The predicted molar refractivity (Wildman–Crippen MR) is 90.9 cm³/mol. The number of benzene rings is 1. The van der Waals surface area contributed by atoms with Gasteiger partial charge in [0.2, 0.25) is 5.91 Å². The standard InChI is InChI=1S/C17H18N2O3S/c1-11(2)16(20)19(10-13-5-4-8-22-13)17-18-14-7-6-12(21-3)9-15(14)23-17/h4-9,11H,10H2,1-3H3. The van der Waals surface area contributed by atoms with Crippen LogP contribution in [0.4, 0.5) is 5.13 Å². The summed E-state index contributed by atoms with van der Waals surface area (Å²) in [6.45, 7) is 4.14. The van der Waals surface area contributed by atoms with Crippen LogP contribution in [-0.2, 0) is 11.3 Å². The summed E-state index contributed by atoms with van der Waals surface area (Å²) in [7, 11) is 1.63. The number of furan rings is 1. The highest BCUT2D eigenvalue weighted by molar-refractivity contribution is 7.22. The van der Waals surface area contributed by atoms with Crippen LogP contribution in [-0.4, -0.2) is 18.0 Å². The fourth-order valence-electron chi connectivity index (χ4n) is 2.25. The van der Waals surface area contributed by atoms with Crippen molar-refractivity contribution < 1.29 is 13.9 Å². The fourth-order valence-corrected chi connectivity index (χ4v) is 3.24. The summed E-state index contributed by atoms with van der Waals surface area (Å²) in [6.07, 6.45) is 1.61. The Morgan fingerprint density at radius 2 is 2.22 bits per heavy atom. The lowest BCUT2D eigenvalue weighted by atomic mass is 10.2. The van der Waals surface area contributed by atoms with Crippen LogP contribution in [0.3, 0.4) is 0 Å². The first kappa shape index (κ1) is 15.6. The van der Waals surface area contributed by atoms with E-state index in [2.05, 4.69) is 4.98 Å². The minimum atomic E-state index is -0.119. The molecule has 0 fully saturated rings. The van der Waals surface area contributed by atoms with Crippen LogP contribution in [0, 0.1) is 5.92 Å². The lowest BCUT2D eigenvalue weighted by Crippen LogP contribution is -2.33. The molecule has 0 aliphatic heterocycles. The monoisotopic (exact) mass is 330 g/mol. The van der Waals surface area contributed by atoms with E-state index in [1.165, 1.54) is 11.3 Å². The van der Waals surface area contributed by atoms with E-state index in [4.69, 9.17) is 9.15 Å². The summed E-state index contributed by atoms with van der Waals surface area (Å²) in [5.74, 6) is 1.41. The number of hydrogen-bond acceptors (Lipinski definition) is 5. The molecule has 5 nitrogen and oxygen atoms in total. The predicted octanol–water partition coefficient (Wildman–Crippen LogP) is 4.09. The molecule has 6 heteroatoms. The van der Waals surface area contributed by atoms with Crippen LogP contribution in [0.5, 0.6) is 5.75 Å². The van der Waals surface area contributed by atoms with E-state index in [1.807, 2.05) is 44.2 Å². The SMILES string of the molecule is COc1ccc2nc(N(Cc3ccco3)C(=O)C(C)C)sc2c1. The van der Waals surface area contributed by atoms with Gasteiger partial charge in [0, 0.05) is 5.92 Å². The number of rotatable bonds is 5. The molecule has 120 valence electrons. The summed E-state index contributed by atoms with van der Waals surface area (Å²) < 4.78 is 11.6. The Balaban J connectivity index is 1.99. The Labute approximate surface area is 138 Å². The third kappa shape index (κ3) is 3.22. The van der Waals surface area contributed by atoms with Crippen molar-refractivity contribution in [2.24, 2.45) is 5.92 Å². The molecule has 1 amide bonds. The fraction of sp³-hybridized carbons (Fsp3) is 0.294. The van der Waals surface area contributed by atoms with Crippen molar-refractivity contribution in [3.8, 4) is 5.75 Å². The van der Waals surface area contributed by atoms with Gasteiger partial charge in [-0.3, -0.25) is 9.69 Å². The Kier molecular flexibility index (Phi) is 4.34. The van der Waals surface area contributed by atoms with Gasteiger partial charge < -0.3 is 9.15 Å². The molecule has 0 N–H and O–H groups in total. The van der Waals surface area contributed by atoms with E-state index in [0.717, 1.165) is 21.7 Å². The first-order chi connectivity index (χ1) is 11.1. The van der Waals surface area contributed by atoms with Gasteiger partial charge in [-0.1, -0.05) is 25.2 Å². The van der Waals surface area contributed by atoms with Gasteiger partial charge in [-0.25, -0.2) is 4.98 Å². The quantitative estimate of drug-likeness (QED) is 0.707. The Morgan fingerprint density at radius 1 is 1.39 bits per heavy atom. The molecule has 0 saturated heterocycles. The Bertz CT molecular complexity index is 808. The molecule has 0 saturated carbocycles. The zero-order valence-electron chi connectivity index (χ0n) is 13.3. The van der Waals surface area contributed by atoms with Gasteiger partial charge >= 0.3 is 0 Å². The summed E-state index contributed by atoms with van der Waals surface area (Å²) >= 11 is 1.47. The molecule has 0 radical (unpaired) electrons. The molecule has 0 unspecified atom stereocenters. The van der Waals surface area contributed by atoms with E-state index in [-0.39, 0.29) is 11.8 Å². The number of ether oxygens (including phenoxy) is 1. The number of nitrogens with zero attached hydrogens (tertiary/aromatic N) is 2. The molecule has 0 spiro atoms. The van der Waals surface area contributed by atoms with E-state index < -0.39 is 0 Å². The van der Waals surface area contributed by atoms with Gasteiger partial charge in [0.05, 0.1) is 30.1 Å². The van der Waals surface area contributed by atoms with Crippen LogP contribution in [0.2, 0.25) is 0 Å². The van der Waals surface area contributed by atoms with Gasteiger partial charge in [0.25, 0.3) is 0 Å². The van der Waals surface area contributed by atoms with Gasteiger partial charge in [0.15, 0.2) is 5.13 Å². The Morgan fingerprint density at radius 3 is 2.87 bits per heavy atom. The van der Waals surface area contributed by atoms with Crippen LogP contribution in [0.25, 0.3) is 10.2 Å². The molecule has 2 aromatic heterocycles. The van der Waals surface area contributed by atoms with Gasteiger partial charge in [-0.05, 0) is 30.3 Å². The number of fused-ring (bicyclic) bond motifs is 1. The molecule has 0 bridgehead atoms. The molecule has 2 heterocycles. The molecule has 0 aliphatic rings. The van der Waals surface area contributed by atoms with Crippen molar-refractivity contribution in [3.63, 3.8) is 0 Å². The summed E-state index contributed by atoms with van der Waals surface area (Å²) in [6, 6.07) is 9.38. The highest BCUT2D eigenvalue weighted by Crippen LogP contribution is 2.32. The van der Waals surface area contributed by atoms with Gasteiger partial charge in [0.1, 0.15) is 11.5 Å². The zero-order valence-corrected chi connectivity index (χ0v) is 14.1. The number of aromatic nitrogens is 1. The molecule has 3 rings (SSSR count). The smallest absolute Gasteiger partial charge is 0.231 e. The average Bonchev–Trinajstić information content (AvgIpc) is 3.19. The van der Waals surface area contributed by atoms with E-state index in [0.29, 0.717) is 11.7 Å². The summed E-state index contributed by atoms with van der Waals surface area (Å²) in [5.41, 5.74) is 0.854. The molecule has 3 aromatic rings. The van der Waals surface area contributed by atoms with Crippen molar-refractivity contribution in [1.82, 2.24) is 4.98 Å². The third-order valence-corrected chi connectivity index (χ3v) is 4.51. The van der Waals surface area contributed by atoms with Crippen LogP contribution in [0.15, 0.2) is 41.0 Å². The minimum absolute atomic E-state index is 0.0208. The number of carbonyl (C=O) groups is 1. The lowest BCUT2D eigenvalue weighted by molar-refractivity contribution is -0.121. The third-order valence-electron chi connectivity index (χ3n) is 3.47. The maximum Gasteiger partial charge on any atom is 0.231 e. The van der Waals surface area contributed by atoms with Crippen LogP contribution in [0.1, 0.15) is 19.6 Å². The second-order valence-electron chi connectivity index (χ2n) is 5.49. The van der Waals surface area contributed by atoms with E-state index in [1.54, 1.807) is 18.3 Å². The Hall–Kier alpha value is -2.34. The van der Waals surface area contributed by atoms with Gasteiger partial charge in [-0.15, -0.1) is 0 Å². The highest BCUT2D eigenvalue weighted by atomic mass is 32.1. The lowest BCUT2D eigenvalue weighted by Gasteiger charge is -2.20. The first-order valence-corrected chi connectivity index (χ1v) is 8.18. The number of carbonyl (C=O) groups excluding carboxylic acids is 1. The number of amides is 1. The number of thiazole rings is 1. The minimum Gasteiger partial charge on any atom is -0.497 e.